The number of aliphatic hydroxyl groups excluding tert-OH is 1. The van der Waals surface area contributed by atoms with Gasteiger partial charge in [-0.15, -0.1) is 0 Å². The fraction of sp³-hybridized carbons (Fsp3) is 1.00. The molecule has 1 aliphatic rings. The number of ether oxygens (including phenoxy) is 1. The fourth-order valence-electron chi connectivity index (χ4n) is 2.97. The summed E-state index contributed by atoms with van der Waals surface area (Å²) in [6.45, 7) is 15.6. The molecule has 102 valence electrons. The van der Waals surface area contributed by atoms with Gasteiger partial charge in [0.1, 0.15) is 0 Å². The molecule has 0 radical (unpaired) electrons. The van der Waals surface area contributed by atoms with Gasteiger partial charge in [0.15, 0.2) is 0 Å². The minimum absolute atomic E-state index is 0.184. The van der Waals surface area contributed by atoms with E-state index in [1.54, 1.807) is 0 Å². The van der Waals surface area contributed by atoms with Crippen LogP contribution in [0.1, 0.15) is 48.0 Å². The van der Waals surface area contributed by atoms with Crippen LogP contribution in [0.25, 0.3) is 0 Å². The van der Waals surface area contributed by atoms with Gasteiger partial charge in [0.25, 0.3) is 0 Å². The van der Waals surface area contributed by atoms with E-state index in [0.717, 1.165) is 26.1 Å². The topological polar surface area (TPSA) is 32.7 Å². The van der Waals surface area contributed by atoms with Crippen molar-refractivity contribution in [1.82, 2.24) is 4.90 Å². The lowest BCUT2D eigenvalue weighted by Gasteiger charge is -2.32. The standard InChI is InChI=1S/C14H29NO2/c1-7-9-15(8-2)10-11-12(16)14(5,6)17-13(11,3)4/h11-12,16H,7-10H2,1-6H3. The Morgan fingerprint density at radius 1 is 1.12 bits per heavy atom. The van der Waals surface area contributed by atoms with E-state index in [4.69, 9.17) is 4.74 Å². The minimum atomic E-state index is -0.431. The molecule has 2 atom stereocenters. The van der Waals surface area contributed by atoms with Crippen LogP contribution in [0.5, 0.6) is 0 Å². The van der Waals surface area contributed by atoms with Crippen molar-refractivity contribution in [3.8, 4) is 0 Å². The van der Waals surface area contributed by atoms with Crippen molar-refractivity contribution in [3.05, 3.63) is 0 Å². The summed E-state index contributed by atoms with van der Waals surface area (Å²) in [7, 11) is 0. The molecule has 0 aliphatic carbocycles. The Morgan fingerprint density at radius 3 is 2.06 bits per heavy atom. The van der Waals surface area contributed by atoms with Gasteiger partial charge in [0.2, 0.25) is 0 Å². The van der Waals surface area contributed by atoms with Gasteiger partial charge in [-0.05, 0) is 47.2 Å². The highest BCUT2D eigenvalue weighted by molar-refractivity contribution is 5.02. The van der Waals surface area contributed by atoms with Crippen LogP contribution in [-0.4, -0.2) is 46.9 Å². The predicted octanol–water partition coefficient (Wildman–Crippen LogP) is 2.28. The molecule has 0 aromatic rings. The molecule has 3 nitrogen and oxygen atoms in total. The van der Waals surface area contributed by atoms with Gasteiger partial charge in [-0.3, -0.25) is 0 Å². The van der Waals surface area contributed by atoms with Crippen LogP contribution in [0.15, 0.2) is 0 Å². The maximum atomic E-state index is 10.4. The quantitative estimate of drug-likeness (QED) is 0.804. The Kier molecular flexibility index (Phi) is 4.61. The average Bonchev–Trinajstić information content (AvgIpc) is 2.35. The van der Waals surface area contributed by atoms with E-state index in [-0.39, 0.29) is 17.6 Å². The molecule has 0 spiro atoms. The van der Waals surface area contributed by atoms with E-state index >= 15 is 0 Å². The van der Waals surface area contributed by atoms with E-state index in [1.807, 2.05) is 13.8 Å². The van der Waals surface area contributed by atoms with Crippen LogP contribution >= 0.6 is 0 Å². The van der Waals surface area contributed by atoms with E-state index in [1.165, 1.54) is 0 Å². The second-order valence-corrected chi connectivity index (χ2v) is 6.25. The monoisotopic (exact) mass is 243 g/mol. The fourth-order valence-corrected chi connectivity index (χ4v) is 2.97. The Hall–Kier alpha value is -0.120. The second-order valence-electron chi connectivity index (χ2n) is 6.25. The highest BCUT2D eigenvalue weighted by Gasteiger charge is 2.53. The van der Waals surface area contributed by atoms with Crippen LogP contribution in [0, 0.1) is 5.92 Å². The van der Waals surface area contributed by atoms with Crippen LogP contribution in [0.3, 0.4) is 0 Å². The molecular weight excluding hydrogens is 214 g/mol. The summed E-state index contributed by atoms with van der Waals surface area (Å²) in [6.07, 6.45) is 0.768. The number of hydrogen-bond donors (Lipinski definition) is 1. The Morgan fingerprint density at radius 2 is 1.71 bits per heavy atom. The van der Waals surface area contributed by atoms with Gasteiger partial charge in [0, 0.05) is 12.5 Å². The molecule has 0 bridgehead atoms. The molecule has 1 heterocycles. The lowest BCUT2D eigenvalue weighted by molar-refractivity contribution is -0.0913. The zero-order chi connectivity index (χ0) is 13.3. The van der Waals surface area contributed by atoms with Crippen molar-refractivity contribution in [2.45, 2.75) is 65.3 Å². The van der Waals surface area contributed by atoms with Crippen molar-refractivity contribution in [2.75, 3.05) is 19.6 Å². The van der Waals surface area contributed by atoms with E-state index in [0.29, 0.717) is 0 Å². The number of nitrogens with zero attached hydrogens (tertiary/aromatic N) is 1. The van der Waals surface area contributed by atoms with Gasteiger partial charge in [-0.2, -0.15) is 0 Å². The first kappa shape index (κ1) is 14.9. The first-order valence-electron chi connectivity index (χ1n) is 6.85. The largest absolute Gasteiger partial charge is 0.390 e. The Labute approximate surface area is 106 Å². The van der Waals surface area contributed by atoms with Crippen molar-refractivity contribution in [1.29, 1.82) is 0 Å². The van der Waals surface area contributed by atoms with Gasteiger partial charge in [-0.1, -0.05) is 13.8 Å². The predicted molar refractivity (Wildman–Crippen MR) is 71.1 cm³/mol. The normalized spacial score (nSPS) is 31.1. The summed E-state index contributed by atoms with van der Waals surface area (Å²) in [5.74, 6) is 0.184. The number of aliphatic hydroxyl groups is 1. The van der Waals surface area contributed by atoms with Crippen molar-refractivity contribution < 1.29 is 9.84 Å². The molecule has 0 aromatic carbocycles. The molecule has 0 saturated carbocycles. The zero-order valence-electron chi connectivity index (χ0n) is 12.3. The third-order valence-corrected chi connectivity index (χ3v) is 3.95. The molecule has 0 aromatic heterocycles. The van der Waals surface area contributed by atoms with Crippen LogP contribution in [-0.2, 0) is 4.74 Å². The van der Waals surface area contributed by atoms with Gasteiger partial charge in [0.05, 0.1) is 17.3 Å². The molecule has 3 heteroatoms. The summed E-state index contributed by atoms with van der Waals surface area (Å²) in [4.78, 5) is 2.40. The highest BCUT2D eigenvalue weighted by atomic mass is 16.5. The summed E-state index contributed by atoms with van der Waals surface area (Å²) in [5.41, 5.74) is -0.677. The molecule has 17 heavy (non-hydrogen) atoms. The first-order chi connectivity index (χ1) is 7.74. The van der Waals surface area contributed by atoms with Crippen LogP contribution in [0.2, 0.25) is 0 Å². The maximum Gasteiger partial charge on any atom is 0.0896 e. The molecule has 1 fully saturated rings. The second kappa shape index (κ2) is 5.25. The molecule has 1 N–H and O–H groups in total. The van der Waals surface area contributed by atoms with Crippen molar-refractivity contribution >= 4 is 0 Å². The molecule has 0 amide bonds. The molecule has 2 unspecified atom stereocenters. The first-order valence-corrected chi connectivity index (χ1v) is 6.85. The minimum Gasteiger partial charge on any atom is -0.390 e. The SMILES string of the molecule is CCCN(CC)CC1C(O)C(C)(C)OC1(C)C. The van der Waals surface area contributed by atoms with Gasteiger partial charge < -0.3 is 14.7 Å². The van der Waals surface area contributed by atoms with Gasteiger partial charge >= 0.3 is 0 Å². The Balaban J connectivity index is 2.75. The third-order valence-electron chi connectivity index (χ3n) is 3.95. The van der Waals surface area contributed by atoms with Crippen molar-refractivity contribution in [3.63, 3.8) is 0 Å². The highest BCUT2D eigenvalue weighted by Crippen LogP contribution is 2.42. The molecule has 1 rings (SSSR count). The number of rotatable bonds is 5. The summed E-state index contributed by atoms with van der Waals surface area (Å²) >= 11 is 0. The molecular formula is C14H29NO2. The molecule has 1 saturated heterocycles. The zero-order valence-corrected chi connectivity index (χ0v) is 12.3. The lowest BCUT2D eigenvalue weighted by Crippen LogP contribution is -2.43. The maximum absolute atomic E-state index is 10.4. The number of hydrogen-bond acceptors (Lipinski definition) is 3. The van der Waals surface area contributed by atoms with E-state index < -0.39 is 5.60 Å². The smallest absolute Gasteiger partial charge is 0.0896 e. The lowest BCUT2D eigenvalue weighted by atomic mass is 9.84. The molecule has 1 aliphatic heterocycles. The van der Waals surface area contributed by atoms with E-state index in [2.05, 4.69) is 32.6 Å². The summed E-state index contributed by atoms with van der Waals surface area (Å²) < 4.78 is 6.01. The average molecular weight is 243 g/mol. The van der Waals surface area contributed by atoms with Crippen LogP contribution in [0.4, 0.5) is 0 Å². The van der Waals surface area contributed by atoms with Gasteiger partial charge in [-0.25, -0.2) is 0 Å². The summed E-state index contributed by atoms with van der Waals surface area (Å²) in [6, 6.07) is 0. The summed E-state index contributed by atoms with van der Waals surface area (Å²) in [5, 5.41) is 10.4. The van der Waals surface area contributed by atoms with Crippen LogP contribution < -0.4 is 0 Å². The van der Waals surface area contributed by atoms with Crippen molar-refractivity contribution in [2.24, 2.45) is 5.92 Å². The van der Waals surface area contributed by atoms with E-state index in [9.17, 15) is 5.11 Å². The third kappa shape index (κ3) is 3.21. The Bertz CT molecular complexity index is 251.